The van der Waals surface area contributed by atoms with Crippen LogP contribution >= 0.6 is 0 Å². The molecule has 0 N–H and O–H groups in total. The molecule has 0 aliphatic rings. The summed E-state index contributed by atoms with van der Waals surface area (Å²) in [7, 11) is 0. The second-order valence-electron chi connectivity index (χ2n) is 4.67. The first kappa shape index (κ1) is 14.6. The summed E-state index contributed by atoms with van der Waals surface area (Å²) in [6.45, 7) is 2.45. The number of hydrogen-bond donors (Lipinski definition) is 0. The largest absolute Gasteiger partial charge is 0.297 e. The summed E-state index contributed by atoms with van der Waals surface area (Å²) in [6.07, 6.45) is 0. The summed E-state index contributed by atoms with van der Waals surface area (Å²) >= 11 is 0. The molecule has 0 spiro atoms. The predicted octanol–water partition coefficient (Wildman–Crippen LogP) is 1.63. The van der Waals surface area contributed by atoms with Gasteiger partial charge in [0, 0.05) is 23.6 Å². The molecule has 7 nitrogen and oxygen atoms in total. The lowest BCUT2D eigenvalue weighted by Crippen LogP contribution is -2.33. The van der Waals surface area contributed by atoms with Crippen molar-refractivity contribution in [1.82, 2.24) is 4.57 Å². The van der Waals surface area contributed by atoms with Crippen LogP contribution in [0.15, 0.2) is 35.1 Å². The van der Waals surface area contributed by atoms with Crippen LogP contribution < -0.4 is 5.56 Å². The van der Waals surface area contributed by atoms with Crippen LogP contribution in [0.5, 0.6) is 0 Å². The van der Waals surface area contributed by atoms with E-state index in [1.807, 2.05) is 0 Å². The maximum atomic E-state index is 12.0. The number of carbonyl (C=O) groups excluding carboxylic acids is 2. The highest BCUT2D eigenvalue weighted by molar-refractivity contribution is 6.03. The normalized spacial score (nSPS) is 10.8. The van der Waals surface area contributed by atoms with Gasteiger partial charge < -0.3 is 0 Å². The topological polar surface area (TPSA) is 99.3 Å². The van der Waals surface area contributed by atoms with E-state index < -0.39 is 28.1 Å². The number of fused-ring (bicyclic) bond motifs is 1. The molecule has 0 bridgehead atoms. The number of nitro groups is 1. The summed E-state index contributed by atoms with van der Waals surface area (Å²) in [6, 6.07) is 5.29. The number of carbonyl (C=O) groups is 2. The van der Waals surface area contributed by atoms with Crippen molar-refractivity contribution in [2.45, 2.75) is 19.9 Å². The van der Waals surface area contributed by atoms with Crippen LogP contribution in [0.25, 0.3) is 10.9 Å². The number of rotatable bonds is 4. The quantitative estimate of drug-likeness (QED) is 0.483. The lowest BCUT2D eigenvalue weighted by atomic mass is 10.1. The fourth-order valence-corrected chi connectivity index (χ4v) is 2.28. The van der Waals surface area contributed by atoms with Crippen LogP contribution in [0.3, 0.4) is 0 Å². The number of aromatic nitrogens is 1. The number of Topliss-reactive ketones (excluding diaryl/α,β-unsaturated/α-hetero) is 2. The van der Waals surface area contributed by atoms with Crippen molar-refractivity contribution >= 4 is 28.2 Å². The maximum Gasteiger partial charge on any atom is 0.270 e. The van der Waals surface area contributed by atoms with Gasteiger partial charge in [-0.15, -0.1) is 0 Å². The summed E-state index contributed by atoms with van der Waals surface area (Å²) < 4.78 is 1.07. The number of ketones is 2. The highest BCUT2D eigenvalue weighted by atomic mass is 16.6. The fraction of sp³-hybridized carbons (Fsp3) is 0.214. The second kappa shape index (κ2) is 5.28. The minimum atomic E-state index is -1.22. The van der Waals surface area contributed by atoms with E-state index in [2.05, 4.69) is 0 Å². The summed E-state index contributed by atoms with van der Waals surface area (Å²) in [5.41, 5.74) is -0.329. The Kier molecular flexibility index (Phi) is 3.66. The molecule has 1 aromatic heterocycles. The van der Waals surface area contributed by atoms with E-state index in [9.17, 15) is 24.5 Å². The third kappa shape index (κ3) is 2.58. The van der Waals surface area contributed by atoms with Crippen molar-refractivity contribution in [3.05, 3.63) is 50.8 Å². The molecule has 0 radical (unpaired) electrons. The van der Waals surface area contributed by atoms with Gasteiger partial charge in [0.2, 0.25) is 0 Å². The van der Waals surface area contributed by atoms with Gasteiger partial charge in [-0.3, -0.25) is 29.1 Å². The molecule has 21 heavy (non-hydrogen) atoms. The Hall–Kier alpha value is -2.83. The third-order valence-electron chi connectivity index (χ3n) is 3.15. The second-order valence-corrected chi connectivity index (χ2v) is 4.67. The lowest BCUT2D eigenvalue weighted by Gasteiger charge is -2.16. The van der Waals surface area contributed by atoms with Gasteiger partial charge in [-0.2, -0.15) is 0 Å². The molecule has 0 aliphatic heterocycles. The molecule has 0 atom stereocenters. The number of non-ortho nitro benzene ring substituents is 1. The van der Waals surface area contributed by atoms with E-state index in [1.165, 1.54) is 44.2 Å². The summed E-state index contributed by atoms with van der Waals surface area (Å²) in [5.74, 6) is -0.925. The van der Waals surface area contributed by atoms with Crippen LogP contribution in [0.1, 0.15) is 19.9 Å². The van der Waals surface area contributed by atoms with E-state index in [4.69, 9.17) is 0 Å². The smallest absolute Gasteiger partial charge is 0.270 e. The fourth-order valence-electron chi connectivity index (χ4n) is 2.28. The first-order valence-corrected chi connectivity index (χ1v) is 6.13. The van der Waals surface area contributed by atoms with Crippen LogP contribution in [0, 0.1) is 10.1 Å². The van der Waals surface area contributed by atoms with Gasteiger partial charge in [-0.25, -0.2) is 0 Å². The van der Waals surface area contributed by atoms with E-state index in [0.717, 1.165) is 4.57 Å². The average Bonchev–Trinajstić information content (AvgIpc) is 2.40. The van der Waals surface area contributed by atoms with E-state index in [1.54, 1.807) is 0 Å². The Bertz CT molecular complexity index is 808. The van der Waals surface area contributed by atoms with Crippen molar-refractivity contribution in [1.29, 1.82) is 0 Å². The van der Waals surface area contributed by atoms with E-state index in [-0.39, 0.29) is 5.69 Å². The first-order valence-electron chi connectivity index (χ1n) is 6.13. The van der Waals surface area contributed by atoms with Gasteiger partial charge in [0.15, 0.2) is 17.6 Å². The van der Waals surface area contributed by atoms with Crippen molar-refractivity contribution in [2.75, 3.05) is 0 Å². The molecule has 108 valence electrons. The van der Waals surface area contributed by atoms with Gasteiger partial charge in [-0.1, -0.05) is 0 Å². The van der Waals surface area contributed by atoms with Gasteiger partial charge >= 0.3 is 0 Å². The Morgan fingerprint density at radius 1 is 1.14 bits per heavy atom. The number of pyridine rings is 1. The zero-order valence-corrected chi connectivity index (χ0v) is 11.4. The van der Waals surface area contributed by atoms with E-state index >= 15 is 0 Å². The minimum absolute atomic E-state index is 0.130. The molecule has 1 aromatic carbocycles. The van der Waals surface area contributed by atoms with Crippen molar-refractivity contribution in [3.8, 4) is 0 Å². The Labute approximate surface area is 119 Å². The highest BCUT2D eigenvalue weighted by Crippen LogP contribution is 2.22. The van der Waals surface area contributed by atoms with Crippen molar-refractivity contribution in [3.63, 3.8) is 0 Å². The Morgan fingerprint density at radius 2 is 1.76 bits per heavy atom. The standard InChI is InChI=1S/C14H12N2O5/c1-8(17)14(9(2)18)15-12-5-4-11(16(20)21)7-10(12)3-6-13(15)19/h3-7,14H,1-2H3. The molecule has 2 aromatic rings. The van der Waals surface area contributed by atoms with Gasteiger partial charge in [0.05, 0.1) is 10.4 Å². The minimum Gasteiger partial charge on any atom is -0.297 e. The molecular weight excluding hydrogens is 276 g/mol. The zero-order chi connectivity index (χ0) is 15.7. The van der Waals surface area contributed by atoms with Gasteiger partial charge in [0.25, 0.3) is 11.2 Å². The molecule has 0 saturated carbocycles. The molecular formula is C14H12N2O5. The summed E-state index contributed by atoms with van der Waals surface area (Å²) in [5, 5.41) is 11.2. The van der Waals surface area contributed by atoms with Crippen molar-refractivity contribution in [2.24, 2.45) is 0 Å². The van der Waals surface area contributed by atoms with Crippen molar-refractivity contribution < 1.29 is 14.5 Å². The van der Waals surface area contributed by atoms with Crippen LogP contribution in [-0.4, -0.2) is 21.1 Å². The third-order valence-corrected chi connectivity index (χ3v) is 3.15. The highest BCUT2D eigenvalue weighted by Gasteiger charge is 2.24. The number of benzene rings is 1. The number of nitro benzene ring substituents is 1. The molecule has 0 aliphatic carbocycles. The monoisotopic (exact) mass is 288 g/mol. The Balaban J connectivity index is 2.82. The Morgan fingerprint density at radius 3 is 2.29 bits per heavy atom. The first-order chi connectivity index (χ1) is 9.82. The predicted molar refractivity (Wildman–Crippen MR) is 75.3 cm³/mol. The molecule has 0 saturated heterocycles. The number of nitrogens with zero attached hydrogens (tertiary/aromatic N) is 2. The van der Waals surface area contributed by atoms with Gasteiger partial charge in [-0.05, 0) is 26.0 Å². The molecule has 0 fully saturated rings. The zero-order valence-electron chi connectivity index (χ0n) is 11.4. The molecule has 0 amide bonds. The summed E-state index contributed by atoms with van der Waals surface area (Å²) in [4.78, 5) is 45.6. The molecule has 1 heterocycles. The SMILES string of the molecule is CC(=O)C(C(C)=O)n1c(=O)ccc2cc([N+](=O)[O-])ccc21. The van der Waals surface area contributed by atoms with Gasteiger partial charge in [0.1, 0.15) is 0 Å². The van der Waals surface area contributed by atoms with Crippen LogP contribution in [-0.2, 0) is 9.59 Å². The maximum absolute atomic E-state index is 12.0. The van der Waals surface area contributed by atoms with E-state index in [0.29, 0.717) is 10.9 Å². The molecule has 7 heteroatoms. The van der Waals surface area contributed by atoms with Crippen LogP contribution in [0.2, 0.25) is 0 Å². The number of hydrogen-bond acceptors (Lipinski definition) is 5. The molecule has 0 unspecified atom stereocenters. The molecule has 2 rings (SSSR count). The lowest BCUT2D eigenvalue weighted by molar-refractivity contribution is -0.384. The average molecular weight is 288 g/mol. The van der Waals surface area contributed by atoms with Crippen LogP contribution in [0.4, 0.5) is 5.69 Å².